The lowest BCUT2D eigenvalue weighted by molar-refractivity contribution is 1.08. The second kappa shape index (κ2) is 15.6. The third kappa shape index (κ3) is 6.36. The molecule has 0 radical (unpaired) electrons. The molecule has 0 atom stereocenters. The molecule has 0 aliphatic heterocycles. The second-order valence-electron chi connectivity index (χ2n) is 15.9. The molecule has 0 amide bonds. The van der Waals surface area contributed by atoms with Crippen molar-refractivity contribution in [3.05, 3.63) is 243 Å². The molecule has 6 nitrogen and oxygen atoms in total. The molecular weight excluding hydrogens is 781 g/mol. The minimum Gasteiger partial charge on any atom is -0.309 e. The first-order valence-electron chi connectivity index (χ1n) is 21.6. The van der Waals surface area contributed by atoms with Crippen LogP contribution < -0.4 is 9.80 Å². The molecule has 12 rings (SSSR count). The normalized spacial score (nSPS) is 11.4. The summed E-state index contributed by atoms with van der Waals surface area (Å²) in [6, 6.07) is 85.4. The van der Waals surface area contributed by atoms with Gasteiger partial charge in [0.25, 0.3) is 0 Å². The predicted molar refractivity (Wildman–Crippen MR) is 266 cm³/mol. The number of fused-ring (bicyclic) bond motifs is 6. The van der Waals surface area contributed by atoms with Crippen molar-refractivity contribution in [2.24, 2.45) is 0 Å². The lowest BCUT2D eigenvalue weighted by Crippen LogP contribution is -2.16. The van der Waals surface area contributed by atoms with Crippen LogP contribution in [0.1, 0.15) is 0 Å². The summed E-state index contributed by atoms with van der Waals surface area (Å²) in [4.78, 5) is 15.2. The predicted octanol–water partition coefficient (Wildman–Crippen LogP) is 15.3. The van der Waals surface area contributed by atoms with E-state index in [9.17, 15) is 0 Å². The van der Waals surface area contributed by atoms with Crippen LogP contribution in [0.5, 0.6) is 0 Å². The highest BCUT2D eigenvalue weighted by Gasteiger charge is 2.23. The van der Waals surface area contributed by atoms with Gasteiger partial charge in [-0.15, -0.1) is 0 Å². The molecule has 0 fully saturated rings. The Morgan fingerprint density at radius 1 is 0.281 bits per heavy atom. The molecule has 0 bridgehead atoms. The zero-order valence-corrected chi connectivity index (χ0v) is 34.8. The number of hydrogen-bond acceptors (Lipinski definition) is 4. The van der Waals surface area contributed by atoms with Crippen LogP contribution in [0.25, 0.3) is 66.4 Å². The quantitative estimate of drug-likeness (QED) is 0.145. The van der Waals surface area contributed by atoms with Gasteiger partial charge in [-0.3, -0.25) is 9.80 Å². The monoisotopic (exact) mass is 820 g/mol. The van der Waals surface area contributed by atoms with Crippen molar-refractivity contribution in [2.75, 3.05) is 9.80 Å². The number of anilines is 6. The maximum atomic E-state index is 5.37. The minimum absolute atomic E-state index is 0.624. The van der Waals surface area contributed by atoms with Crippen LogP contribution in [-0.2, 0) is 0 Å². The molecule has 6 heteroatoms. The van der Waals surface area contributed by atoms with Crippen molar-refractivity contribution in [1.29, 1.82) is 0 Å². The van der Waals surface area contributed by atoms with E-state index in [1.165, 1.54) is 43.6 Å². The molecule has 64 heavy (non-hydrogen) atoms. The fourth-order valence-corrected chi connectivity index (χ4v) is 9.25. The van der Waals surface area contributed by atoms with Crippen LogP contribution in [0.3, 0.4) is 0 Å². The highest BCUT2D eigenvalue weighted by Crippen LogP contribution is 2.42. The fourth-order valence-electron chi connectivity index (χ4n) is 9.25. The zero-order chi connectivity index (χ0) is 42.4. The molecule has 3 heterocycles. The number of para-hydroxylation sites is 6. The van der Waals surface area contributed by atoms with Crippen LogP contribution in [0, 0.1) is 0 Å². The van der Waals surface area contributed by atoms with Gasteiger partial charge in [0, 0.05) is 67.3 Å². The molecule has 302 valence electrons. The SMILES string of the molecule is c1ccc(-c2nc(N(c3ccccc3)c3ccc(-n4c5ccccc5c5ccccc54)cc3)cc(N(c3ccccc3)c3ccc(-n4c5ccccc5c5ccccc54)cc3)n2)cc1. The highest BCUT2D eigenvalue weighted by molar-refractivity contribution is 6.10. The van der Waals surface area contributed by atoms with E-state index in [0.29, 0.717) is 5.82 Å². The number of hydrogen-bond donors (Lipinski definition) is 0. The Labute approximate surface area is 370 Å². The number of aromatic nitrogens is 4. The molecular formula is C58H40N6. The number of nitrogens with zero attached hydrogens (tertiary/aromatic N) is 6. The van der Waals surface area contributed by atoms with Crippen LogP contribution in [0.15, 0.2) is 243 Å². The van der Waals surface area contributed by atoms with E-state index in [-0.39, 0.29) is 0 Å². The van der Waals surface area contributed by atoms with Gasteiger partial charge < -0.3 is 9.13 Å². The van der Waals surface area contributed by atoms with Gasteiger partial charge in [0.15, 0.2) is 5.82 Å². The zero-order valence-electron chi connectivity index (χ0n) is 34.8. The van der Waals surface area contributed by atoms with E-state index in [4.69, 9.17) is 9.97 Å². The molecule has 0 saturated carbocycles. The molecule has 0 aliphatic rings. The van der Waals surface area contributed by atoms with E-state index in [1.807, 2.05) is 30.3 Å². The molecule has 0 saturated heterocycles. The summed E-state index contributed by atoms with van der Waals surface area (Å²) in [6.45, 7) is 0. The van der Waals surface area contributed by atoms with E-state index in [2.05, 4.69) is 231 Å². The van der Waals surface area contributed by atoms with Gasteiger partial charge in [-0.25, -0.2) is 9.97 Å². The van der Waals surface area contributed by atoms with Gasteiger partial charge >= 0.3 is 0 Å². The molecule has 3 aromatic heterocycles. The maximum Gasteiger partial charge on any atom is 0.163 e. The first-order valence-corrected chi connectivity index (χ1v) is 21.6. The van der Waals surface area contributed by atoms with Crippen LogP contribution in [0.4, 0.5) is 34.4 Å². The van der Waals surface area contributed by atoms with E-state index in [1.54, 1.807) is 0 Å². The minimum atomic E-state index is 0.624. The highest BCUT2D eigenvalue weighted by atomic mass is 15.3. The van der Waals surface area contributed by atoms with Gasteiger partial charge in [-0.1, -0.05) is 140 Å². The Balaban J connectivity index is 1.02. The lowest BCUT2D eigenvalue weighted by atomic mass is 10.1. The smallest absolute Gasteiger partial charge is 0.163 e. The van der Waals surface area contributed by atoms with Crippen LogP contribution in [0.2, 0.25) is 0 Å². The summed E-state index contributed by atoms with van der Waals surface area (Å²) in [6.07, 6.45) is 0. The van der Waals surface area contributed by atoms with Crippen molar-refractivity contribution >= 4 is 78.0 Å². The Kier molecular flexibility index (Phi) is 9.05. The molecule has 0 unspecified atom stereocenters. The molecule has 12 aromatic rings. The Morgan fingerprint density at radius 2 is 0.578 bits per heavy atom. The molecule has 0 spiro atoms. The lowest BCUT2D eigenvalue weighted by Gasteiger charge is -2.29. The average molecular weight is 821 g/mol. The van der Waals surface area contributed by atoms with Gasteiger partial charge in [0.2, 0.25) is 0 Å². The van der Waals surface area contributed by atoms with Crippen molar-refractivity contribution in [1.82, 2.24) is 19.1 Å². The second-order valence-corrected chi connectivity index (χ2v) is 15.9. The van der Waals surface area contributed by atoms with Gasteiger partial charge in [0.1, 0.15) is 11.6 Å². The summed E-state index contributed by atoms with van der Waals surface area (Å²) in [7, 11) is 0. The van der Waals surface area contributed by atoms with E-state index < -0.39 is 0 Å². The summed E-state index contributed by atoms with van der Waals surface area (Å²) in [5.74, 6) is 2.10. The van der Waals surface area contributed by atoms with Crippen molar-refractivity contribution in [3.63, 3.8) is 0 Å². The van der Waals surface area contributed by atoms with Crippen molar-refractivity contribution in [3.8, 4) is 22.8 Å². The van der Waals surface area contributed by atoms with E-state index >= 15 is 0 Å². The van der Waals surface area contributed by atoms with Crippen LogP contribution in [-0.4, -0.2) is 19.1 Å². The fraction of sp³-hybridized carbons (Fsp3) is 0. The Hall–Kier alpha value is -8.74. The molecule has 9 aromatic carbocycles. The third-order valence-corrected chi connectivity index (χ3v) is 12.1. The van der Waals surface area contributed by atoms with Crippen molar-refractivity contribution < 1.29 is 0 Å². The summed E-state index contributed by atoms with van der Waals surface area (Å²) in [5, 5.41) is 4.94. The van der Waals surface area contributed by atoms with Crippen molar-refractivity contribution in [2.45, 2.75) is 0 Å². The largest absolute Gasteiger partial charge is 0.309 e. The molecule has 0 N–H and O–H groups in total. The third-order valence-electron chi connectivity index (χ3n) is 12.1. The summed E-state index contributed by atoms with van der Waals surface area (Å²) in [5.41, 5.74) is 11.7. The van der Waals surface area contributed by atoms with Crippen LogP contribution >= 0.6 is 0 Å². The number of benzene rings is 9. The topological polar surface area (TPSA) is 42.1 Å². The van der Waals surface area contributed by atoms with Gasteiger partial charge in [-0.05, 0) is 97.1 Å². The first-order chi connectivity index (χ1) is 31.8. The standard InChI is InChI=1S/C58H40N6/c1-4-18-41(19-5-1)58-59-56(61(42-20-6-2-7-21-42)44-32-36-46(37-33-44)63-52-28-14-10-24-48(52)49-25-11-15-29-53(49)63)40-57(60-58)62(43-22-8-3-9-23-43)45-34-38-47(39-35-45)64-54-30-16-12-26-50(54)51-27-13-17-31-55(51)64/h1-40H. The Bertz CT molecular complexity index is 3270. The summed E-state index contributed by atoms with van der Waals surface area (Å²) >= 11 is 0. The summed E-state index contributed by atoms with van der Waals surface area (Å²) < 4.78 is 4.70. The molecule has 0 aliphatic carbocycles. The Morgan fingerprint density at radius 3 is 0.938 bits per heavy atom. The maximum absolute atomic E-state index is 5.37. The first kappa shape index (κ1) is 37.1. The average Bonchev–Trinajstić information content (AvgIpc) is 3.89. The van der Waals surface area contributed by atoms with Gasteiger partial charge in [0.05, 0.1) is 22.1 Å². The van der Waals surface area contributed by atoms with Gasteiger partial charge in [-0.2, -0.15) is 0 Å². The number of rotatable bonds is 9. The van der Waals surface area contributed by atoms with E-state index in [0.717, 1.165) is 51.3 Å².